The molecule has 178 valence electrons. The van der Waals surface area contributed by atoms with Crippen molar-refractivity contribution in [2.24, 2.45) is 0 Å². The van der Waals surface area contributed by atoms with Crippen LogP contribution < -0.4 is 20.1 Å². The summed E-state index contributed by atoms with van der Waals surface area (Å²) in [5.41, 5.74) is 4.24. The molecule has 8 nitrogen and oxygen atoms in total. The summed E-state index contributed by atoms with van der Waals surface area (Å²) < 4.78 is 17.4. The van der Waals surface area contributed by atoms with Gasteiger partial charge in [-0.15, -0.1) is 0 Å². The lowest BCUT2D eigenvalue weighted by molar-refractivity contribution is 0.0680. The predicted molar refractivity (Wildman–Crippen MR) is 130 cm³/mol. The molecule has 0 aliphatic carbocycles. The van der Waals surface area contributed by atoms with Crippen molar-refractivity contribution in [2.75, 3.05) is 25.6 Å². The molecular weight excluding hydrogens is 456 g/mol. The molecule has 3 N–H and O–H groups in total. The van der Waals surface area contributed by atoms with E-state index in [0.29, 0.717) is 46.5 Å². The van der Waals surface area contributed by atoms with Crippen molar-refractivity contribution in [3.8, 4) is 22.8 Å². The lowest BCUT2D eigenvalue weighted by atomic mass is 10.0. The van der Waals surface area contributed by atoms with Crippen LogP contribution in [-0.2, 0) is 11.2 Å². The first-order chi connectivity index (χ1) is 16.5. The maximum Gasteiger partial charge on any atom is 0.255 e. The lowest BCUT2D eigenvalue weighted by Crippen LogP contribution is -2.39. The van der Waals surface area contributed by atoms with Crippen molar-refractivity contribution in [2.45, 2.75) is 38.3 Å². The van der Waals surface area contributed by atoms with Gasteiger partial charge in [-0.3, -0.25) is 9.78 Å². The Morgan fingerprint density at radius 1 is 1.32 bits per heavy atom. The van der Waals surface area contributed by atoms with Gasteiger partial charge in [0, 0.05) is 36.5 Å². The molecule has 0 saturated carbocycles. The van der Waals surface area contributed by atoms with Crippen LogP contribution in [0.4, 0.5) is 11.4 Å². The third-order valence-corrected chi connectivity index (χ3v) is 6.42. The Balaban J connectivity index is 1.59. The molecule has 2 aliphatic rings. The van der Waals surface area contributed by atoms with E-state index in [1.807, 2.05) is 25.1 Å². The zero-order valence-electron chi connectivity index (χ0n) is 19.1. The van der Waals surface area contributed by atoms with Gasteiger partial charge in [0.2, 0.25) is 0 Å². The monoisotopic (exact) mass is 482 g/mol. The largest absolute Gasteiger partial charge is 0.493 e. The fraction of sp³-hybridized carbons (Fsp3) is 0.360. The van der Waals surface area contributed by atoms with Crippen molar-refractivity contribution < 1.29 is 19.0 Å². The SMILES string of the molecule is COc1c(Cl)cccc1Nc1c(-c2ccncc2OC[C@@H]2CCCO2)[nH]c2c1C(=O)N[C@H](C)C2. The van der Waals surface area contributed by atoms with Crippen LogP contribution in [0.3, 0.4) is 0 Å². The Labute approximate surface area is 203 Å². The minimum Gasteiger partial charge on any atom is -0.493 e. The molecule has 5 rings (SSSR count). The molecule has 1 aromatic carbocycles. The molecule has 1 amide bonds. The number of anilines is 2. The van der Waals surface area contributed by atoms with Crippen molar-refractivity contribution in [1.29, 1.82) is 0 Å². The van der Waals surface area contributed by atoms with Crippen molar-refractivity contribution >= 4 is 28.9 Å². The normalized spacial score (nSPS) is 19.4. The van der Waals surface area contributed by atoms with Crippen LogP contribution in [0.25, 0.3) is 11.3 Å². The number of aromatic amines is 1. The van der Waals surface area contributed by atoms with Crippen molar-refractivity contribution in [3.05, 3.63) is 52.9 Å². The molecule has 9 heteroatoms. The summed E-state index contributed by atoms with van der Waals surface area (Å²) in [4.78, 5) is 20.8. The number of amides is 1. The van der Waals surface area contributed by atoms with Crippen LogP contribution in [0.2, 0.25) is 5.02 Å². The Bertz CT molecular complexity index is 1210. The van der Waals surface area contributed by atoms with E-state index in [1.54, 1.807) is 25.6 Å². The average Bonchev–Trinajstić information content (AvgIpc) is 3.46. The van der Waals surface area contributed by atoms with E-state index in [0.717, 1.165) is 36.4 Å². The highest BCUT2D eigenvalue weighted by atomic mass is 35.5. The Hall–Kier alpha value is -3.23. The molecule has 34 heavy (non-hydrogen) atoms. The molecule has 3 aromatic rings. The molecule has 2 aliphatic heterocycles. The smallest absolute Gasteiger partial charge is 0.255 e. The van der Waals surface area contributed by atoms with E-state index in [1.165, 1.54) is 0 Å². The van der Waals surface area contributed by atoms with Crippen LogP contribution in [0, 0.1) is 0 Å². The molecule has 2 atom stereocenters. The molecule has 1 saturated heterocycles. The van der Waals surface area contributed by atoms with Crippen LogP contribution in [0.15, 0.2) is 36.7 Å². The number of H-pyrrole nitrogens is 1. The number of nitrogens with zero attached hydrogens (tertiary/aromatic N) is 1. The maximum atomic E-state index is 13.1. The van der Waals surface area contributed by atoms with Gasteiger partial charge in [0.25, 0.3) is 5.91 Å². The summed E-state index contributed by atoms with van der Waals surface area (Å²) in [6, 6.07) is 7.35. The Morgan fingerprint density at radius 2 is 2.21 bits per heavy atom. The zero-order valence-corrected chi connectivity index (χ0v) is 19.9. The predicted octanol–water partition coefficient (Wildman–Crippen LogP) is 4.71. The number of hydrogen-bond acceptors (Lipinski definition) is 6. The standard InChI is InChI=1S/C25H27ClN4O4/c1-14-11-19-21(25(31)28-14)23(29-18-7-3-6-17(26)24(18)32-2)22(30-19)16-8-9-27-12-20(16)34-13-15-5-4-10-33-15/h3,6-9,12,14-15,29-30H,4-5,10-11,13H2,1-2H3,(H,28,31)/t14-,15+/m1/s1. The number of fused-ring (bicyclic) bond motifs is 1. The first kappa shape index (κ1) is 22.6. The number of halogens is 1. The lowest BCUT2D eigenvalue weighted by Gasteiger charge is -2.21. The topological polar surface area (TPSA) is 97.5 Å². The van der Waals surface area contributed by atoms with Crippen LogP contribution >= 0.6 is 11.6 Å². The first-order valence-electron chi connectivity index (χ1n) is 11.4. The van der Waals surface area contributed by atoms with Crippen LogP contribution in [0.1, 0.15) is 35.8 Å². The zero-order chi connectivity index (χ0) is 23.7. The summed E-state index contributed by atoms with van der Waals surface area (Å²) in [6.07, 6.45) is 6.17. The highest BCUT2D eigenvalue weighted by molar-refractivity contribution is 6.32. The molecule has 4 heterocycles. The van der Waals surface area contributed by atoms with Gasteiger partial charge in [-0.25, -0.2) is 0 Å². The first-order valence-corrected chi connectivity index (χ1v) is 11.8. The minimum atomic E-state index is -0.143. The fourth-order valence-corrected chi connectivity index (χ4v) is 4.80. The number of methoxy groups -OCH3 is 1. The molecule has 0 bridgehead atoms. The third kappa shape index (κ3) is 4.31. The summed E-state index contributed by atoms with van der Waals surface area (Å²) in [5, 5.41) is 6.91. The third-order valence-electron chi connectivity index (χ3n) is 6.13. The number of benzene rings is 1. The minimum absolute atomic E-state index is 0.0210. The van der Waals surface area contributed by atoms with Crippen molar-refractivity contribution in [3.63, 3.8) is 0 Å². The second-order valence-corrected chi connectivity index (χ2v) is 8.98. The van der Waals surface area contributed by atoms with E-state index in [-0.39, 0.29) is 18.1 Å². The maximum absolute atomic E-state index is 13.1. The number of carbonyl (C=O) groups excluding carboxylic acids is 1. The number of aromatic nitrogens is 2. The Morgan fingerprint density at radius 3 is 3.00 bits per heavy atom. The van der Waals surface area contributed by atoms with E-state index < -0.39 is 0 Å². The van der Waals surface area contributed by atoms with Gasteiger partial charge in [0.05, 0.1) is 47.1 Å². The number of rotatable bonds is 7. The van der Waals surface area contributed by atoms with E-state index >= 15 is 0 Å². The van der Waals surface area contributed by atoms with Gasteiger partial charge in [-0.2, -0.15) is 0 Å². The highest BCUT2D eigenvalue weighted by Crippen LogP contribution is 2.43. The van der Waals surface area contributed by atoms with Gasteiger partial charge in [0.15, 0.2) is 5.75 Å². The molecule has 0 unspecified atom stereocenters. The van der Waals surface area contributed by atoms with E-state index in [4.69, 9.17) is 25.8 Å². The van der Waals surface area contributed by atoms with E-state index in [9.17, 15) is 4.79 Å². The molecular formula is C25H27ClN4O4. The van der Waals surface area contributed by atoms with Gasteiger partial charge in [-0.1, -0.05) is 17.7 Å². The number of ether oxygens (including phenoxy) is 3. The second-order valence-electron chi connectivity index (χ2n) is 8.57. The molecule has 0 spiro atoms. The fourth-order valence-electron chi connectivity index (χ4n) is 4.55. The van der Waals surface area contributed by atoms with Gasteiger partial charge in [-0.05, 0) is 38.0 Å². The van der Waals surface area contributed by atoms with Crippen molar-refractivity contribution in [1.82, 2.24) is 15.3 Å². The summed E-state index contributed by atoms with van der Waals surface area (Å²) in [6.45, 7) is 3.19. The number of pyridine rings is 1. The second kappa shape index (κ2) is 9.56. The summed E-state index contributed by atoms with van der Waals surface area (Å²) in [7, 11) is 1.56. The van der Waals surface area contributed by atoms with Gasteiger partial charge in [0.1, 0.15) is 12.4 Å². The summed E-state index contributed by atoms with van der Waals surface area (Å²) in [5.74, 6) is 0.973. The quantitative estimate of drug-likeness (QED) is 0.451. The summed E-state index contributed by atoms with van der Waals surface area (Å²) >= 11 is 6.35. The number of nitrogens with one attached hydrogen (secondary N) is 3. The molecule has 0 radical (unpaired) electrons. The van der Waals surface area contributed by atoms with E-state index in [2.05, 4.69) is 20.6 Å². The number of hydrogen-bond donors (Lipinski definition) is 3. The van der Waals surface area contributed by atoms with Gasteiger partial charge < -0.3 is 29.8 Å². The number of para-hydroxylation sites is 1. The number of carbonyl (C=O) groups is 1. The Kier molecular flexibility index (Phi) is 6.34. The molecule has 1 fully saturated rings. The molecule has 2 aromatic heterocycles. The van der Waals surface area contributed by atoms with Crippen LogP contribution in [-0.4, -0.2) is 48.3 Å². The average molecular weight is 483 g/mol. The highest BCUT2D eigenvalue weighted by Gasteiger charge is 2.31. The van der Waals surface area contributed by atoms with Gasteiger partial charge >= 0.3 is 0 Å². The van der Waals surface area contributed by atoms with Crippen LogP contribution in [0.5, 0.6) is 11.5 Å².